The Kier molecular flexibility index (Phi) is 17.9. The fourth-order valence-corrected chi connectivity index (χ4v) is 9.84. The predicted octanol–water partition coefficient (Wildman–Crippen LogP) is 2.26. The van der Waals surface area contributed by atoms with Gasteiger partial charge in [-0.2, -0.15) is 0 Å². The van der Waals surface area contributed by atoms with Crippen LogP contribution < -0.4 is 42.8 Å². The van der Waals surface area contributed by atoms with E-state index in [-0.39, 0.29) is 69.5 Å². The summed E-state index contributed by atoms with van der Waals surface area (Å²) in [5.41, 5.74) is 3.76. The number of amides is 7. The summed E-state index contributed by atoms with van der Waals surface area (Å²) in [5.74, 6) is -3.30. The molecule has 7 rings (SSSR count). The largest absolute Gasteiger partial charge is 0.490 e. The number of halogens is 1. The highest BCUT2D eigenvalue weighted by atomic mass is 19.1. The number of pyridine rings is 2. The van der Waals surface area contributed by atoms with Crippen LogP contribution in [0.2, 0.25) is 0 Å². The Hall–Kier alpha value is -7.52. The molecule has 2 aromatic carbocycles. The molecule has 2 aromatic heterocycles. The van der Waals surface area contributed by atoms with Crippen molar-refractivity contribution in [2.24, 2.45) is 0 Å². The van der Waals surface area contributed by atoms with Crippen molar-refractivity contribution in [3.63, 3.8) is 0 Å². The van der Waals surface area contributed by atoms with Crippen molar-refractivity contribution in [1.82, 2.24) is 46.8 Å². The molecule has 0 bridgehead atoms. The van der Waals surface area contributed by atoms with Gasteiger partial charge in [-0.15, -0.1) is 0 Å². The quantitative estimate of drug-likeness (QED) is 0.0251. The molecule has 20 nitrogen and oxygen atoms in total. The number of ether oxygens (including phenoxy) is 2. The smallest absolute Gasteiger partial charge is 0.258 e. The molecule has 4 atom stereocenters. The molecule has 4 aromatic rings. The first-order chi connectivity index (χ1) is 35.6. The van der Waals surface area contributed by atoms with E-state index >= 15 is 4.39 Å². The Morgan fingerprint density at radius 3 is 2.42 bits per heavy atom. The molecule has 8 N–H and O–H groups in total. The molecule has 0 saturated heterocycles. The minimum atomic E-state index is -1.53. The summed E-state index contributed by atoms with van der Waals surface area (Å²) in [6, 6.07) is 10.4. The van der Waals surface area contributed by atoms with E-state index < -0.39 is 66.3 Å². The lowest BCUT2D eigenvalue weighted by atomic mass is 9.81. The van der Waals surface area contributed by atoms with Crippen molar-refractivity contribution in [2.75, 3.05) is 32.9 Å². The number of carbonyl (C=O) groups excluding carboxylic acids is 7. The number of aryl methyl sites for hydroxylation is 1. The molecule has 0 radical (unpaired) electrons. The third-order valence-electron chi connectivity index (χ3n) is 13.7. The topological polar surface area (TPSA) is 277 Å². The first-order valence-corrected chi connectivity index (χ1v) is 25.0. The number of allylic oxidation sites excluding steroid dienone is 1. The van der Waals surface area contributed by atoms with Gasteiger partial charge in [-0.3, -0.25) is 38.4 Å². The molecule has 21 heteroatoms. The molecule has 7 amide bonds. The Balaban J connectivity index is 0.914. The van der Waals surface area contributed by atoms with Gasteiger partial charge in [0.05, 0.1) is 67.2 Å². The zero-order chi connectivity index (χ0) is 53.1. The van der Waals surface area contributed by atoms with Gasteiger partial charge in [0, 0.05) is 42.0 Å². The Morgan fingerprint density at radius 1 is 0.946 bits per heavy atom. The van der Waals surface area contributed by atoms with Crippen LogP contribution in [0.15, 0.2) is 59.1 Å². The number of carbonyl (C=O) groups is 7. The molecule has 4 heterocycles. The highest BCUT2D eigenvalue weighted by molar-refractivity contribution is 5.94. The van der Waals surface area contributed by atoms with E-state index in [2.05, 4.69) is 37.2 Å². The van der Waals surface area contributed by atoms with Crippen LogP contribution in [0.25, 0.3) is 22.3 Å². The highest BCUT2D eigenvalue weighted by Gasteiger charge is 2.43. The predicted molar refractivity (Wildman–Crippen MR) is 269 cm³/mol. The Bertz CT molecular complexity index is 2910. The van der Waals surface area contributed by atoms with Gasteiger partial charge in [-0.05, 0) is 87.3 Å². The van der Waals surface area contributed by atoms with E-state index in [0.29, 0.717) is 71.6 Å². The SMILES string of the molecule is C/C=C1\OCc2c(cc3n(c2=O)Cc2c-3nc3cc(F)c(C)c4c3c2[C@@H](NC(=O)C[C@@H](C)OCNC(=O)CNC(=O)[C@H](Cc2ccccc2)NC(=O)CNC(=O)CNC(=O)CCCCCNC=O)CC4)[C@@]1(O)CC. The average Bonchev–Trinajstić information content (AvgIpc) is 3.76. The van der Waals surface area contributed by atoms with Gasteiger partial charge in [-0.25, -0.2) is 9.37 Å². The number of nitrogens with one attached hydrogen (secondary N) is 7. The van der Waals surface area contributed by atoms with Crippen molar-refractivity contribution < 1.29 is 52.5 Å². The number of unbranched alkanes of at least 4 members (excludes halogenated alkanes) is 2. The molecule has 2 aliphatic heterocycles. The molecule has 0 saturated carbocycles. The summed E-state index contributed by atoms with van der Waals surface area (Å²) in [6.45, 7) is 6.02. The molecule has 0 unspecified atom stereocenters. The van der Waals surface area contributed by atoms with E-state index in [1.54, 1.807) is 67.8 Å². The standard InChI is InChI=1S/C53H64FN9O11/c1-5-42-53(72,6-2)36-21-41-50-34(26-63(41)52(71)35(36)27-73-42)49-38(17-16-33-31(4)37(54)22-39(62-50)48(33)49)60-44(66)19-30(3)74-29-59-46(68)24-58-51(70)40(20-32-13-9-7-10-14-32)61-47(69)25-57-45(67)23-56-43(65)15-11-8-12-18-55-28-64/h5,7,9-10,13-14,21-22,28,30,38,40,72H,6,8,11-12,15-20,23-27,29H2,1-4H3,(H,55,64)(H,56,65)(H,57,67)(H,58,70)(H,59,68)(H,60,66)(H,61,69)/b42-5-/t30-,38+,40+,53+/m1/s1. The second-order valence-electron chi connectivity index (χ2n) is 18.7. The lowest BCUT2D eigenvalue weighted by molar-refractivity contribution is -0.131. The number of hydrogen-bond acceptors (Lipinski definition) is 12. The number of nitrogens with zero attached hydrogens (tertiary/aromatic N) is 2. The van der Waals surface area contributed by atoms with Crippen molar-refractivity contribution in [1.29, 1.82) is 0 Å². The first-order valence-electron chi connectivity index (χ1n) is 25.0. The van der Waals surface area contributed by atoms with Crippen LogP contribution in [0.4, 0.5) is 4.39 Å². The summed E-state index contributed by atoms with van der Waals surface area (Å²) >= 11 is 0. The zero-order valence-corrected chi connectivity index (χ0v) is 42.0. The Morgan fingerprint density at radius 2 is 1.68 bits per heavy atom. The normalized spacial score (nSPS) is 17.4. The summed E-state index contributed by atoms with van der Waals surface area (Å²) in [5, 5.41) is 30.8. The first kappa shape index (κ1) is 54.3. The fourth-order valence-electron chi connectivity index (χ4n) is 9.84. The van der Waals surface area contributed by atoms with Gasteiger partial charge in [0.15, 0.2) is 0 Å². The van der Waals surface area contributed by atoms with Crippen LogP contribution in [-0.2, 0) is 74.6 Å². The van der Waals surface area contributed by atoms with Gasteiger partial charge < -0.3 is 56.4 Å². The van der Waals surface area contributed by atoms with E-state index in [4.69, 9.17) is 14.5 Å². The van der Waals surface area contributed by atoms with Crippen molar-refractivity contribution in [2.45, 2.75) is 122 Å². The average molecular weight is 1020 g/mol. The fraction of sp³-hybridized carbons (Fsp3) is 0.453. The minimum Gasteiger partial charge on any atom is -0.490 e. The van der Waals surface area contributed by atoms with E-state index in [0.717, 1.165) is 40.5 Å². The maximum atomic E-state index is 15.5. The Labute approximate surface area is 427 Å². The molecule has 1 aliphatic carbocycles. The van der Waals surface area contributed by atoms with Gasteiger partial charge in [0.1, 0.15) is 36.6 Å². The third kappa shape index (κ3) is 12.4. The van der Waals surface area contributed by atoms with E-state index in [1.807, 2.05) is 6.92 Å². The van der Waals surface area contributed by atoms with Gasteiger partial charge >= 0.3 is 0 Å². The summed E-state index contributed by atoms with van der Waals surface area (Å²) < 4.78 is 28.7. The molecule has 394 valence electrons. The summed E-state index contributed by atoms with van der Waals surface area (Å²) in [6.07, 6.45) is 4.98. The van der Waals surface area contributed by atoms with Gasteiger partial charge in [0.2, 0.25) is 41.9 Å². The summed E-state index contributed by atoms with van der Waals surface area (Å²) in [7, 11) is 0. The van der Waals surface area contributed by atoms with Crippen LogP contribution in [0.5, 0.6) is 0 Å². The number of aromatic nitrogens is 2. The van der Waals surface area contributed by atoms with Crippen LogP contribution in [-0.4, -0.2) is 102 Å². The number of fused-ring (bicyclic) bond motifs is 5. The molecule has 3 aliphatic rings. The molecular weight excluding hydrogens is 958 g/mol. The van der Waals surface area contributed by atoms with Crippen molar-refractivity contribution in [3.05, 3.63) is 109 Å². The highest BCUT2D eigenvalue weighted by Crippen LogP contribution is 2.47. The van der Waals surface area contributed by atoms with Crippen LogP contribution in [0, 0.1) is 12.7 Å². The molecule has 74 heavy (non-hydrogen) atoms. The number of hydrogen-bond donors (Lipinski definition) is 8. The monoisotopic (exact) mass is 1020 g/mol. The minimum absolute atomic E-state index is 0.0106. The second kappa shape index (κ2) is 24.5. The number of benzene rings is 2. The van der Waals surface area contributed by atoms with Crippen molar-refractivity contribution in [3.8, 4) is 11.4 Å². The maximum Gasteiger partial charge on any atom is 0.258 e. The molecule has 0 fully saturated rings. The van der Waals surface area contributed by atoms with Gasteiger partial charge in [0.25, 0.3) is 5.56 Å². The molecule has 0 spiro atoms. The van der Waals surface area contributed by atoms with E-state index in [9.17, 15) is 43.5 Å². The van der Waals surface area contributed by atoms with Crippen LogP contribution in [0.3, 0.4) is 0 Å². The lowest BCUT2D eigenvalue weighted by Gasteiger charge is -2.36. The van der Waals surface area contributed by atoms with E-state index in [1.165, 1.54) is 6.07 Å². The lowest BCUT2D eigenvalue weighted by Crippen LogP contribution is -2.52. The van der Waals surface area contributed by atoms with Crippen molar-refractivity contribution >= 4 is 52.8 Å². The third-order valence-corrected chi connectivity index (χ3v) is 13.7. The van der Waals surface area contributed by atoms with Crippen LogP contribution >= 0.6 is 0 Å². The van der Waals surface area contributed by atoms with Gasteiger partial charge in [-0.1, -0.05) is 43.7 Å². The maximum absolute atomic E-state index is 15.5. The zero-order valence-electron chi connectivity index (χ0n) is 42.0. The second-order valence-corrected chi connectivity index (χ2v) is 18.7. The summed E-state index contributed by atoms with van der Waals surface area (Å²) in [4.78, 5) is 107. The van der Waals surface area contributed by atoms with Crippen LogP contribution in [0.1, 0.15) is 111 Å². The number of aliphatic hydroxyl groups is 1. The number of rotatable bonds is 24. The molecular formula is C53H64FN9O11.